The number of aliphatic carboxylic acids is 1. The molecule has 54 heavy (non-hydrogen) atoms. The standard InChI is InChI=1S/C39H63N7O8/c1-8-23(4)31(46-38(52)33(25(6)10-3)45-34(48)28-18-14-20-40-28)36(50)41-21-15-19-29(43-37(51)32(24(5)9-2)42-26(7)47)35(49)44-30(39(53)54)22-27-16-12-11-13-17-27/h11-13,16-17,23-25,28-33,40H,8-10,14-15,18-22H2,1-7H3,(H,41,50)(H,42,47)(H,43,51)(H,44,49)(H,45,48)(H,46,52)(H,53,54). The van der Waals surface area contributed by atoms with Crippen LogP contribution in [0.2, 0.25) is 0 Å². The van der Waals surface area contributed by atoms with E-state index in [-0.39, 0.29) is 55.5 Å². The molecule has 1 aliphatic rings. The number of hydrogen-bond acceptors (Lipinski definition) is 8. The third-order valence-corrected chi connectivity index (χ3v) is 10.3. The number of amides is 6. The highest BCUT2D eigenvalue weighted by molar-refractivity contribution is 5.94. The van der Waals surface area contributed by atoms with Crippen LogP contribution in [-0.4, -0.2) is 95.9 Å². The van der Waals surface area contributed by atoms with Gasteiger partial charge < -0.3 is 42.3 Å². The van der Waals surface area contributed by atoms with Crippen molar-refractivity contribution in [1.82, 2.24) is 37.2 Å². The molecule has 0 bridgehead atoms. The van der Waals surface area contributed by atoms with Gasteiger partial charge in [-0.05, 0) is 55.5 Å². The first-order valence-electron chi connectivity index (χ1n) is 19.4. The molecule has 1 aromatic rings. The first-order valence-corrected chi connectivity index (χ1v) is 19.4. The SMILES string of the molecule is CCC(C)C(NC(C)=O)C(=O)NC(CCCNC(=O)C(NC(=O)C(NC(=O)C1CCCN1)C(C)CC)C(C)CC)C(=O)NC(Cc1ccccc1)C(=O)O. The van der Waals surface area contributed by atoms with Gasteiger partial charge in [-0.2, -0.15) is 0 Å². The lowest BCUT2D eigenvalue weighted by molar-refractivity contribution is -0.142. The minimum absolute atomic E-state index is 0.0157. The first-order chi connectivity index (χ1) is 25.6. The molecule has 0 radical (unpaired) electrons. The van der Waals surface area contributed by atoms with Gasteiger partial charge in [-0.25, -0.2) is 4.79 Å². The minimum Gasteiger partial charge on any atom is -0.480 e. The molecule has 0 aromatic heterocycles. The summed E-state index contributed by atoms with van der Waals surface area (Å²) >= 11 is 0. The zero-order valence-electron chi connectivity index (χ0n) is 33.0. The normalized spacial score (nSPS) is 18.3. The summed E-state index contributed by atoms with van der Waals surface area (Å²) in [6, 6.07) is 3.32. The van der Waals surface area contributed by atoms with Crippen molar-refractivity contribution in [3.63, 3.8) is 0 Å². The fourth-order valence-electron chi connectivity index (χ4n) is 6.21. The maximum absolute atomic E-state index is 13.6. The van der Waals surface area contributed by atoms with Gasteiger partial charge in [0.1, 0.15) is 30.2 Å². The van der Waals surface area contributed by atoms with Crippen molar-refractivity contribution in [3.05, 3.63) is 35.9 Å². The smallest absolute Gasteiger partial charge is 0.326 e. The van der Waals surface area contributed by atoms with Crippen molar-refractivity contribution in [2.24, 2.45) is 17.8 Å². The molecule has 2 rings (SSSR count). The molecule has 302 valence electrons. The molecule has 9 unspecified atom stereocenters. The molecule has 0 spiro atoms. The van der Waals surface area contributed by atoms with Gasteiger partial charge in [0.25, 0.3) is 0 Å². The third-order valence-electron chi connectivity index (χ3n) is 10.3. The summed E-state index contributed by atoms with van der Waals surface area (Å²) < 4.78 is 0. The number of rotatable bonds is 23. The molecular formula is C39H63N7O8. The van der Waals surface area contributed by atoms with Crippen molar-refractivity contribution in [3.8, 4) is 0 Å². The Kier molecular flexibility index (Phi) is 19.7. The summed E-state index contributed by atoms with van der Waals surface area (Å²) in [5.74, 6) is -4.81. The topological polar surface area (TPSA) is 224 Å². The summed E-state index contributed by atoms with van der Waals surface area (Å²) in [5.41, 5.74) is 0.697. The molecule has 6 amide bonds. The quantitative estimate of drug-likeness (QED) is 0.0758. The number of carbonyl (C=O) groups is 7. The van der Waals surface area contributed by atoms with Gasteiger partial charge in [-0.3, -0.25) is 28.8 Å². The Bertz CT molecular complexity index is 1400. The average Bonchev–Trinajstić information content (AvgIpc) is 3.70. The van der Waals surface area contributed by atoms with Crippen molar-refractivity contribution in [2.75, 3.05) is 13.1 Å². The van der Waals surface area contributed by atoms with Gasteiger partial charge in [-0.15, -0.1) is 0 Å². The van der Waals surface area contributed by atoms with Crippen molar-refractivity contribution < 1.29 is 38.7 Å². The lowest BCUT2D eigenvalue weighted by Crippen LogP contribution is -2.59. The van der Waals surface area contributed by atoms with E-state index >= 15 is 0 Å². The van der Waals surface area contributed by atoms with E-state index < -0.39 is 65.7 Å². The Morgan fingerprint density at radius 2 is 1.26 bits per heavy atom. The van der Waals surface area contributed by atoms with Crippen LogP contribution in [0.3, 0.4) is 0 Å². The van der Waals surface area contributed by atoms with Crippen LogP contribution in [0.1, 0.15) is 99.0 Å². The van der Waals surface area contributed by atoms with Crippen LogP contribution in [0.25, 0.3) is 0 Å². The van der Waals surface area contributed by atoms with E-state index in [2.05, 4.69) is 37.2 Å². The highest BCUT2D eigenvalue weighted by Crippen LogP contribution is 2.15. The molecule has 1 fully saturated rings. The fraction of sp³-hybridized carbons (Fsp3) is 0.667. The Morgan fingerprint density at radius 3 is 1.78 bits per heavy atom. The maximum atomic E-state index is 13.6. The van der Waals surface area contributed by atoms with Crippen molar-refractivity contribution >= 4 is 41.4 Å². The van der Waals surface area contributed by atoms with E-state index in [4.69, 9.17) is 0 Å². The predicted molar refractivity (Wildman–Crippen MR) is 205 cm³/mol. The second-order valence-electron chi connectivity index (χ2n) is 14.5. The minimum atomic E-state index is -1.28. The monoisotopic (exact) mass is 757 g/mol. The maximum Gasteiger partial charge on any atom is 0.326 e. The van der Waals surface area contributed by atoms with E-state index in [1.54, 1.807) is 37.3 Å². The summed E-state index contributed by atoms with van der Waals surface area (Å²) in [5, 5.41) is 29.6. The van der Waals surface area contributed by atoms with Gasteiger partial charge in [0.15, 0.2) is 0 Å². The molecule has 15 heteroatoms. The Hall–Kier alpha value is -4.53. The molecule has 15 nitrogen and oxygen atoms in total. The molecule has 1 saturated heterocycles. The van der Waals surface area contributed by atoms with Crippen LogP contribution in [-0.2, 0) is 40.0 Å². The Morgan fingerprint density at radius 1 is 0.722 bits per heavy atom. The lowest BCUT2D eigenvalue weighted by atomic mass is 9.94. The summed E-state index contributed by atoms with van der Waals surface area (Å²) in [7, 11) is 0. The zero-order valence-corrected chi connectivity index (χ0v) is 33.0. The molecule has 9 atom stereocenters. The van der Waals surface area contributed by atoms with Crippen molar-refractivity contribution in [2.45, 2.75) is 136 Å². The summed E-state index contributed by atoms with van der Waals surface area (Å²) in [4.78, 5) is 91.2. The predicted octanol–water partition coefficient (Wildman–Crippen LogP) is 1.54. The van der Waals surface area contributed by atoms with Crippen LogP contribution in [0.5, 0.6) is 0 Å². The van der Waals surface area contributed by atoms with Crippen LogP contribution in [0, 0.1) is 17.8 Å². The molecule has 0 aliphatic carbocycles. The van der Waals surface area contributed by atoms with Crippen LogP contribution in [0.15, 0.2) is 30.3 Å². The number of nitrogens with one attached hydrogen (secondary N) is 7. The second-order valence-corrected chi connectivity index (χ2v) is 14.5. The van der Waals surface area contributed by atoms with E-state index in [1.807, 2.05) is 34.6 Å². The first kappa shape index (κ1) is 45.6. The molecule has 1 heterocycles. The summed E-state index contributed by atoms with van der Waals surface area (Å²) in [6.45, 7) is 13.3. The molecule has 8 N–H and O–H groups in total. The van der Waals surface area contributed by atoms with Gasteiger partial charge >= 0.3 is 5.97 Å². The van der Waals surface area contributed by atoms with E-state index in [9.17, 15) is 38.7 Å². The van der Waals surface area contributed by atoms with Crippen LogP contribution in [0.4, 0.5) is 0 Å². The van der Waals surface area contributed by atoms with Gasteiger partial charge in [0.05, 0.1) is 6.04 Å². The van der Waals surface area contributed by atoms with E-state index in [0.717, 1.165) is 13.0 Å². The highest BCUT2D eigenvalue weighted by atomic mass is 16.4. The molecule has 1 aliphatic heterocycles. The summed E-state index contributed by atoms with van der Waals surface area (Å²) in [6.07, 6.45) is 3.59. The van der Waals surface area contributed by atoms with Crippen LogP contribution < -0.4 is 37.2 Å². The zero-order chi connectivity index (χ0) is 40.4. The molecule has 0 saturated carbocycles. The lowest BCUT2D eigenvalue weighted by Gasteiger charge is -2.29. The number of carbonyl (C=O) groups excluding carboxylic acids is 6. The number of benzene rings is 1. The average molecular weight is 758 g/mol. The van der Waals surface area contributed by atoms with Crippen LogP contribution >= 0.6 is 0 Å². The number of hydrogen-bond donors (Lipinski definition) is 8. The molecule has 1 aromatic carbocycles. The Balaban J connectivity index is 2.18. The number of carboxylic acid groups (broad SMARTS) is 1. The van der Waals surface area contributed by atoms with Gasteiger partial charge in [-0.1, -0.05) is 91.1 Å². The number of carboxylic acids is 1. The highest BCUT2D eigenvalue weighted by Gasteiger charge is 2.35. The fourth-order valence-corrected chi connectivity index (χ4v) is 6.21. The van der Waals surface area contributed by atoms with Crippen molar-refractivity contribution in [1.29, 1.82) is 0 Å². The van der Waals surface area contributed by atoms with E-state index in [0.29, 0.717) is 31.2 Å². The second kappa shape index (κ2) is 23.3. The molecular weight excluding hydrogens is 694 g/mol. The van der Waals surface area contributed by atoms with Gasteiger partial charge in [0, 0.05) is 19.9 Å². The Labute approximate surface area is 319 Å². The van der Waals surface area contributed by atoms with E-state index in [1.165, 1.54) is 6.92 Å². The van der Waals surface area contributed by atoms with Gasteiger partial charge in [0.2, 0.25) is 35.4 Å². The third kappa shape index (κ3) is 14.7. The largest absolute Gasteiger partial charge is 0.480 e.